The van der Waals surface area contributed by atoms with Crippen LogP contribution >= 0.6 is 0 Å². The van der Waals surface area contributed by atoms with E-state index in [9.17, 15) is 4.79 Å². The number of ether oxygens (including phenoxy) is 1. The summed E-state index contributed by atoms with van der Waals surface area (Å²) in [5.74, 6) is 1.91. The van der Waals surface area contributed by atoms with Crippen molar-refractivity contribution in [2.45, 2.75) is 19.3 Å². The first-order valence-electron chi connectivity index (χ1n) is 8.25. The molecule has 1 aliphatic heterocycles. The van der Waals surface area contributed by atoms with Gasteiger partial charge < -0.3 is 9.72 Å². The monoisotopic (exact) mass is 325 g/mol. The number of nitrogens with zero attached hydrogens (tertiary/aromatic N) is 2. The quantitative estimate of drug-likeness (QED) is 0.918. The predicted molar refractivity (Wildman–Crippen MR) is 95.4 cm³/mol. The van der Waals surface area contributed by atoms with Crippen LogP contribution in [0.3, 0.4) is 0 Å². The van der Waals surface area contributed by atoms with Crippen LogP contribution < -0.4 is 10.3 Å². The minimum atomic E-state index is -0.0629. The lowest BCUT2D eigenvalue weighted by atomic mass is 10.0. The Hall–Kier alpha value is -2.40. The molecule has 0 unspecified atom stereocenters. The second kappa shape index (κ2) is 7.45. The van der Waals surface area contributed by atoms with Crippen LogP contribution in [0, 0.1) is 6.92 Å². The van der Waals surface area contributed by atoms with E-state index in [2.05, 4.69) is 27.0 Å². The second-order valence-corrected chi connectivity index (χ2v) is 6.15. The van der Waals surface area contributed by atoms with Crippen molar-refractivity contribution in [2.24, 2.45) is 0 Å². The lowest BCUT2D eigenvalue weighted by Gasteiger charge is -2.13. The van der Waals surface area contributed by atoms with Crippen molar-refractivity contribution in [3.05, 3.63) is 63.8 Å². The number of benzene rings is 1. The average Bonchev–Trinajstić information content (AvgIpc) is 3.03. The molecule has 0 radical (unpaired) electrons. The number of aromatic amines is 1. The molecule has 1 aliphatic rings. The van der Waals surface area contributed by atoms with Gasteiger partial charge in [0.05, 0.1) is 12.8 Å². The largest absolute Gasteiger partial charge is 0.496 e. The molecule has 1 aromatic carbocycles. The highest BCUT2D eigenvalue weighted by molar-refractivity contribution is 5.57. The molecule has 1 fully saturated rings. The van der Waals surface area contributed by atoms with Crippen LogP contribution in [0.4, 0.5) is 0 Å². The van der Waals surface area contributed by atoms with Crippen molar-refractivity contribution < 1.29 is 4.74 Å². The third-order valence-corrected chi connectivity index (χ3v) is 4.37. The maximum absolute atomic E-state index is 11.6. The molecule has 2 heterocycles. The molecular formula is C19H23N3O2. The predicted octanol–water partition coefficient (Wildman–Crippen LogP) is 2.59. The van der Waals surface area contributed by atoms with Crippen molar-refractivity contribution >= 4 is 6.08 Å². The molecule has 1 aromatic heterocycles. The highest BCUT2D eigenvalue weighted by atomic mass is 16.5. The molecule has 1 atom stereocenters. The SMILES string of the molecule is COc1ccccc1/C=C\CN1CC[C@@H](c2cc(=O)[nH]c(C)n2)C1. The number of aryl methyl sites for hydroxylation is 1. The van der Waals surface area contributed by atoms with Crippen LogP contribution in [0.2, 0.25) is 0 Å². The van der Waals surface area contributed by atoms with Crippen molar-refractivity contribution in [2.75, 3.05) is 26.7 Å². The molecule has 24 heavy (non-hydrogen) atoms. The molecule has 0 saturated carbocycles. The van der Waals surface area contributed by atoms with E-state index < -0.39 is 0 Å². The number of hydrogen-bond acceptors (Lipinski definition) is 4. The highest BCUT2D eigenvalue weighted by Crippen LogP contribution is 2.25. The van der Waals surface area contributed by atoms with Crippen molar-refractivity contribution in [3.8, 4) is 5.75 Å². The van der Waals surface area contributed by atoms with Crippen LogP contribution in [-0.2, 0) is 0 Å². The first-order valence-corrected chi connectivity index (χ1v) is 8.25. The summed E-state index contributed by atoms with van der Waals surface area (Å²) in [6.07, 6.45) is 5.30. The second-order valence-electron chi connectivity index (χ2n) is 6.15. The first-order chi connectivity index (χ1) is 11.7. The Morgan fingerprint density at radius 3 is 3.04 bits per heavy atom. The van der Waals surface area contributed by atoms with Gasteiger partial charge in [-0.1, -0.05) is 30.4 Å². The number of rotatable bonds is 5. The van der Waals surface area contributed by atoms with Crippen molar-refractivity contribution in [1.29, 1.82) is 0 Å². The number of likely N-dealkylation sites (tertiary alicyclic amines) is 1. The van der Waals surface area contributed by atoms with E-state index in [0.717, 1.165) is 43.1 Å². The van der Waals surface area contributed by atoms with Gasteiger partial charge in [0.15, 0.2) is 0 Å². The number of para-hydroxylation sites is 1. The van der Waals surface area contributed by atoms with Gasteiger partial charge in [0, 0.05) is 30.6 Å². The maximum atomic E-state index is 11.6. The number of nitrogens with one attached hydrogen (secondary N) is 1. The van der Waals surface area contributed by atoms with E-state index in [0.29, 0.717) is 11.7 Å². The topological polar surface area (TPSA) is 58.2 Å². The van der Waals surface area contributed by atoms with Gasteiger partial charge in [-0.25, -0.2) is 4.98 Å². The van der Waals surface area contributed by atoms with E-state index >= 15 is 0 Å². The molecule has 0 aliphatic carbocycles. The highest BCUT2D eigenvalue weighted by Gasteiger charge is 2.24. The summed E-state index contributed by atoms with van der Waals surface area (Å²) >= 11 is 0. The fourth-order valence-corrected chi connectivity index (χ4v) is 3.18. The summed E-state index contributed by atoms with van der Waals surface area (Å²) in [5, 5.41) is 0. The first kappa shape index (κ1) is 16.5. The summed E-state index contributed by atoms with van der Waals surface area (Å²) in [6.45, 7) is 4.67. The van der Waals surface area contributed by atoms with Gasteiger partial charge in [0.2, 0.25) is 0 Å². The minimum absolute atomic E-state index is 0.0629. The number of hydrogen-bond donors (Lipinski definition) is 1. The summed E-state index contributed by atoms with van der Waals surface area (Å²) in [7, 11) is 1.69. The van der Waals surface area contributed by atoms with Gasteiger partial charge in [0.1, 0.15) is 11.6 Å². The fraction of sp³-hybridized carbons (Fsp3) is 0.368. The lowest BCUT2D eigenvalue weighted by Crippen LogP contribution is -2.21. The number of H-pyrrole nitrogens is 1. The van der Waals surface area contributed by atoms with Crippen LogP contribution in [0.15, 0.2) is 41.2 Å². The Kier molecular flexibility index (Phi) is 5.11. The van der Waals surface area contributed by atoms with E-state index in [4.69, 9.17) is 4.74 Å². The Morgan fingerprint density at radius 1 is 1.42 bits per heavy atom. The van der Waals surface area contributed by atoms with Gasteiger partial charge in [-0.05, 0) is 26.0 Å². The molecule has 5 heteroatoms. The smallest absolute Gasteiger partial charge is 0.251 e. The van der Waals surface area contributed by atoms with Crippen LogP contribution in [0.25, 0.3) is 6.08 Å². The minimum Gasteiger partial charge on any atom is -0.496 e. The van der Waals surface area contributed by atoms with Gasteiger partial charge >= 0.3 is 0 Å². The third kappa shape index (κ3) is 3.92. The maximum Gasteiger partial charge on any atom is 0.251 e. The number of aromatic nitrogens is 2. The molecule has 5 nitrogen and oxygen atoms in total. The summed E-state index contributed by atoms with van der Waals surface area (Å²) in [4.78, 5) is 21.2. The molecule has 0 amide bonds. The summed E-state index contributed by atoms with van der Waals surface area (Å²) in [6, 6.07) is 9.62. The van der Waals surface area contributed by atoms with Gasteiger partial charge in [-0.3, -0.25) is 9.69 Å². The molecule has 1 N–H and O–H groups in total. The van der Waals surface area contributed by atoms with E-state index in [-0.39, 0.29) is 5.56 Å². The van der Waals surface area contributed by atoms with Gasteiger partial charge in [-0.2, -0.15) is 0 Å². The zero-order chi connectivity index (χ0) is 16.9. The molecule has 1 saturated heterocycles. The normalized spacial score (nSPS) is 18.3. The zero-order valence-electron chi connectivity index (χ0n) is 14.2. The van der Waals surface area contributed by atoms with E-state index in [1.165, 1.54) is 0 Å². The number of methoxy groups -OCH3 is 1. The van der Waals surface area contributed by atoms with Gasteiger partial charge in [-0.15, -0.1) is 0 Å². The van der Waals surface area contributed by atoms with E-state index in [1.54, 1.807) is 13.2 Å². The third-order valence-electron chi connectivity index (χ3n) is 4.37. The standard InChI is InChI=1S/C19H23N3O2/c1-14-20-17(12-19(23)21-14)16-9-11-22(13-16)10-5-7-15-6-3-4-8-18(15)24-2/h3-8,12,16H,9-11,13H2,1-2H3,(H,20,21,23)/b7-5-/t16-/m1/s1. The van der Waals surface area contributed by atoms with Crippen LogP contribution in [0.5, 0.6) is 5.75 Å². The zero-order valence-corrected chi connectivity index (χ0v) is 14.2. The van der Waals surface area contributed by atoms with Crippen molar-refractivity contribution in [3.63, 3.8) is 0 Å². The van der Waals surface area contributed by atoms with Crippen LogP contribution in [-0.4, -0.2) is 41.6 Å². The molecule has 126 valence electrons. The van der Waals surface area contributed by atoms with Gasteiger partial charge in [0.25, 0.3) is 5.56 Å². The molecule has 2 aromatic rings. The fourth-order valence-electron chi connectivity index (χ4n) is 3.18. The Morgan fingerprint density at radius 2 is 2.25 bits per heavy atom. The van der Waals surface area contributed by atoms with Crippen LogP contribution in [0.1, 0.15) is 29.4 Å². The average molecular weight is 325 g/mol. The Labute approximate surface area is 142 Å². The summed E-state index contributed by atoms with van der Waals surface area (Å²) in [5.41, 5.74) is 1.93. The van der Waals surface area contributed by atoms with Crippen molar-refractivity contribution in [1.82, 2.24) is 14.9 Å². The molecular weight excluding hydrogens is 302 g/mol. The molecule has 3 rings (SSSR count). The Balaban J connectivity index is 1.60. The Bertz CT molecular complexity index is 782. The van der Waals surface area contributed by atoms with E-state index in [1.807, 2.05) is 31.2 Å². The summed E-state index contributed by atoms with van der Waals surface area (Å²) < 4.78 is 5.36. The lowest BCUT2D eigenvalue weighted by molar-refractivity contribution is 0.371. The molecule has 0 spiro atoms. The molecule has 0 bridgehead atoms.